The van der Waals surface area contributed by atoms with E-state index in [1.54, 1.807) is 12.1 Å². The van der Waals surface area contributed by atoms with E-state index < -0.39 is 0 Å². The van der Waals surface area contributed by atoms with E-state index in [-0.39, 0.29) is 36.6 Å². The third kappa shape index (κ3) is 5.15. The second-order valence-electron chi connectivity index (χ2n) is 5.32. The van der Waals surface area contributed by atoms with Gasteiger partial charge in [0, 0.05) is 43.9 Å². The summed E-state index contributed by atoms with van der Waals surface area (Å²) in [6.07, 6.45) is 1.97. The average Bonchev–Trinajstić information content (AvgIpc) is 2.54. The standard InChI is InChI=1S/C16H23N3O2.2ClH/c1-3-4-14(19-7-5-18-6-8-19)13-9-12(11-17)10-15(21-2)16(13)20;;/h9-10,14,18,20H,3-8H2,1-2H3;2*1H/t14-;;/m0../s1. The van der Waals surface area contributed by atoms with Crippen molar-refractivity contribution in [3.05, 3.63) is 23.3 Å². The second-order valence-corrected chi connectivity index (χ2v) is 5.32. The van der Waals surface area contributed by atoms with Crippen molar-refractivity contribution < 1.29 is 9.84 Å². The van der Waals surface area contributed by atoms with E-state index in [1.165, 1.54) is 7.11 Å². The van der Waals surface area contributed by atoms with Crippen LogP contribution in [0.15, 0.2) is 12.1 Å². The molecule has 5 nitrogen and oxygen atoms in total. The highest BCUT2D eigenvalue weighted by molar-refractivity contribution is 5.85. The predicted octanol–water partition coefficient (Wildman–Crippen LogP) is 2.86. The van der Waals surface area contributed by atoms with Crippen molar-refractivity contribution in [2.75, 3.05) is 33.3 Å². The lowest BCUT2D eigenvalue weighted by atomic mass is 9.96. The van der Waals surface area contributed by atoms with E-state index in [1.807, 2.05) is 0 Å². The summed E-state index contributed by atoms with van der Waals surface area (Å²) < 4.78 is 5.21. The summed E-state index contributed by atoms with van der Waals surface area (Å²) in [5.41, 5.74) is 1.32. The number of hydrogen-bond acceptors (Lipinski definition) is 5. The van der Waals surface area contributed by atoms with Crippen LogP contribution >= 0.6 is 24.8 Å². The van der Waals surface area contributed by atoms with E-state index in [9.17, 15) is 10.4 Å². The highest BCUT2D eigenvalue weighted by atomic mass is 35.5. The van der Waals surface area contributed by atoms with Crippen molar-refractivity contribution in [3.63, 3.8) is 0 Å². The largest absolute Gasteiger partial charge is 0.504 e. The molecule has 1 heterocycles. The molecule has 1 aromatic rings. The number of benzene rings is 1. The Morgan fingerprint density at radius 3 is 2.52 bits per heavy atom. The summed E-state index contributed by atoms with van der Waals surface area (Å²) in [5.74, 6) is 0.536. The first-order chi connectivity index (χ1) is 10.2. The summed E-state index contributed by atoms with van der Waals surface area (Å²) in [4.78, 5) is 2.37. The Balaban J connectivity index is 0.00000242. The van der Waals surface area contributed by atoms with E-state index in [2.05, 4.69) is 23.2 Å². The van der Waals surface area contributed by atoms with E-state index in [0.29, 0.717) is 11.3 Å². The fourth-order valence-electron chi connectivity index (χ4n) is 2.91. The van der Waals surface area contributed by atoms with Crippen molar-refractivity contribution >= 4 is 24.8 Å². The third-order valence-electron chi connectivity index (χ3n) is 3.97. The van der Waals surface area contributed by atoms with Crippen LogP contribution in [0.4, 0.5) is 0 Å². The number of nitriles is 1. The summed E-state index contributed by atoms with van der Waals surface area (Å²) >= 11 is 0. The summed E-state index contributed by atoms with van der Waals surface area (Å²) in [6.45, 7) is 5.94. The van der Waals surface area contributed by atoms with Crippen molar-refractivity contribution in [3.8, 4) is 17.6 Å². The van der Waals surface area contributed by atoms with Gasteiger partial charge in [0.2, 0.25) is 0 Å². The van der Waals surface area contributed by atoms with Gasteiger partial charge in [0.15, 0.2) is 11.5 Å². The Morgan fingerprint density at radius 2 is 2.00 bits per heavy atom. The molecule has 1 fully saturated rings. The number of ether oxygens (including phenoxy) is 1. The lowest BCUT2D eigenvalue weighted by Crippen LogP contribution is -2.45. The molecule has 0 unspecified atom stereocenters. The lowest BCUT2D eigenvalue weighted by Gasteiger charge is -2.35. The van der Waals surface area contributed by atoms with Gasteiger partial charge in [-0.05, 0) is 12.5 Å². The maximum absolute atomic E-state index is 10.5. The van der Waals surface area contributed by atoms with Gasteiger partial charge in [-0.2, -0.15) is 5.26 Å². The Labute approximate surface area is 150 Å². The van der Waals surface area contributed by atoms with Crippen molar-refractivity contribution in [1.82, 2.24) is 10.2 Å². The molecule has 0 saturated carbocycles. The zero-order chi connectivity index (χ0) is 15.2. The van der Waals surface area contributed by atoms with Gasteiger partial charge in [0.25, 0.3) is 0 Å². The number of methoxy groups -OCH3 is 1. The van der Waals surface area contributed by atoms with Gasteiger partial charge in [-0.1, -0.05) is 13.3 Å². The molecule has 130 valence electrons. The zero-order valence-corrected chi connectivity index (χ0v) is 15.2. The number of halogens is 2. The molecule has 1 aromatic carbocycles. The molecular formula is C16H25Cl2N3O2. The van der Waals surface area contributed by atoms with Crippen molar-refractivity contribution in [2.24, 2.45) is 0 Å². The number of aromatic hydroxyl groups is 1. The number of phenolic OH excluding ortho intramolecular Hbond substituents is 1. The first-order valence-corrected chi connectivity index (χ1v) is 7.47. The Morgan fingerprint density at radius 1 is 1.35 bits per heavy atom. The van der Waals surface area contributed by atoms with Gasteiger partial charge in [-0.15, -0.1) is 24.8 Å². The number of hydrogen-bond donors (Lipinski definition) is 2. The Kier molecular flexibility index (Phi) is 10.0. The fraction of sp³-hybridized carbons (Fsp3) is 0.562. The first kappa shape index (κ1) is 21.8. The van der Waals surface area contributed by atoms with Crippen LogP contribution < -0.4 is 10.1 Å². The Bertz CT molecular complexity index is 529. The van der Waals surface area contributed by atoms with Crippen molar-refractivity contribution in [2.45, 2.75) is 25.8 Å². The van der Waals surface area contributed by atoms with Gasteiger partial charge in [-0.25, -0.2) is 0 Å². The molecule has 1 saturated heterocycles. The topological polar surface area (TPSA) is 68.5 Å². The van der Waals surface area contributed by atoms with Crippen LogP contribution in [0.5, 0.6) is 11.5 Å². The minimum Gasteiger partial charge on any atom is -0.504 e. The minimum atomic E-state index is 0. The van der Waals surface area contributed by atoms with E-state index >= 15 is 0 Å². The maximum Gasteiger partial charge on any atom is 0.162 e. The van der Waals surface area contributed by atoms with Gasteiger partial charge in [-0.3, -0.25) is 4.90 Å². The zero-order valence-electron chi connectivity index (χ0n) is 13.5. The van der Waals surface area contributed by atoms with E-state index in [0.717, 1.165) is 44.6 Å². The molecule has 1 atom stereocenters. The van der Waals surface area contributed by atoms with Gasteiger partial charge >= 0.3 is 0 Å². The van der Waals surface area contributed by atoms with Crippen LogP contribution in [0.25, 0.3) is 0 Å². The summed E-state index contributed by atoms with van der Waals surface area (Å²) in [5, 5.41) is 23.0. The molecule has 0 bridgehead atoms. The quantitative estimate of drug-likeness (QED) is 0.843. The smallest absolute Gasteiger partial charge is 0.162 e. The molecule has 1 aliphatic rings. The molecule has 2 rings (SSSR count). The molecule has 0 radical (unpaired) electrons. The van der Waals surface area contributed by atoms with Crippen LogP contribution in [0.2, 0.25) is 0 Å². The maximum atomic E-state index is 10.5. The lowest BCUT2D eigenvalue weighted by molar-refractivity contribution is 0.161. The normalized spacial score (nSPS) is 15.7. The van der Waals surface area contributed by atoms with Crippen LogP contribution in [-0.4, -0.2) is 43.3 Å². The molecule has 2 N–H and O–H groups in total. The number of nitrogens with zero attached hydrogens (tertiary/aromatic N) is 2. The molecule has 0 aliphatic carbocycles. The average molecular weight is 362 g/mol. The number of phenols is 1. The summed E-state index contributed by atoms with van der Waals surface area (Å²) in [6, 6.07) is 5.65. The SMILES string of the molecule is CCC[C@@H](c1cc(C#N)cc(OC)c1O)N1CCNCC1.Cl.Cl. The van der Waals surface area contributed by atoms with Gasteiger partial charge in [0.05, 0.1) is 18.7 Å². The van der Waals surface area contributed by atoms with E-state index in [4.69, 9.17) is 4.74 Å². The number of rotatable bonds is 5. The highest BCUT2D eigenvalue weighted by Gasteiger charge is 2.25. The molecular weight excluding hydrogens is 337 g/mol. The molecule has 0 aromatic heterocycles. The number of piperazine rings is 1. The van der Waals surface area contributed by atoms with Gasteiger partial charge < -0.3 is 15.2 Å². The monoisotopic (exact) mass is 361 g/mol. The van der Waals surface area contributed by atoms with Crippen LogP contribution in [0, 0.1) is 11.3 Å². The molecule has 23 heavy (non-hydrogen) atoms. The van der Waals surface area contributed by atoms with Crippen LogP contribution in [-0.2, 0) is 0 Å². The first-order valence-electron chi connectivity index (χ1n) is 7.47. The fourth-order valence-corrected chi connectivity index (χ4v) is 2.91. The molecule has 7 heteroatoms. The second kappa shape index (κ2) is 10.6. The van der Waals surface area contributed by atoms with Crippen molar-refractivity contribution in [1.29, 1.82) is 5.26 Å². The Hall–Kier alpha value is -1.19. The van der Waals surface area contributed by atoms with Crippen LogP contribution in [0.1, 0.15) is 36.9 Å². The predicted molar refractivity (Wildman–Crippen MR) is 96.0 cm³/mol. The molecule has 0 spiro atoms. The van der Waals surface area contributed by atoms with Gasteiger partial charge in [0.1, 0.15) is 0 Å². The van der Waals surface area contributed by atoms with Crippen LogP contribution in [0.3, 0.4) is 0 Å². The highest BCUT2D eigenvalue weighted by Crippen LogP contribution is 2.39. The third-order valence-corrected chi connectivity index (χ3v) is 3.97. The number of nitrogens with one attached hydrogen (secondary N) is 1. The minimum absolute atomic E-state index is 0. The molecule has 0 amide bonds. The summed E-state index contributed by atoms with van der Waals surface area (Å²) in [7, 11) is 1.51. The molecule has 1 aliphatic heterocycles.